The molecule has 0 bridgehead atoms. The Morgan fingerprint density at radius 1 is 1.17 bits per heavy atom. The van der Waals surface area contributed by atoms with Crippen LogP contribution < -0.4 is 4.90 Å². The van der Waals surface area contributed by atoms with Gasteiger partial charge in [0.25, 0.3) is 0 Å². The van der Waals surface area contributed by atoms with Crippen molar-refractivity contribution < 1.29 is 13.9 Å². The van der Waals surface area contributed by atoms with Crippen LogP contribution in [0, 0.1) is 5.82 Å². The fourth-order valence-electron chi connectivity index (χ4n) is 3.47. The van der Waals surface area contributed by atoms with Gasteiger partial charge in [0.1, 0.15) is 5.82 Å². The normalized spacial score (nSPS) is 14.4. The second kappa shape index (κ2) is 10.8. The Morgan fingerprint density at radius 2 is 1.93 bits per heavy atom. The van der Waals surface area contributed by atoms with Crippen LogP contribution >= 0.6 is 23.7 Å². The summed E-state index contributed by atoms with van der Waals surface area (Å²) in [5, 5.41) is 0.633. The highest BCUT2D eigenvalue weighted by atomic mass is 35.5. The molecule has 0 radical (unpaired) electrons. The molecule has 3 aromatic rings. The molecular formula is C22H25ClFN3O2S. The molecule has 8 heteroatoms. The van der Waals surface area contributed by atoms with Gasteiger partial charge in [-0.2, -0.15) is 0 Å². The quantitative estimate of drug-likeness (QED) is 0.543. The number of hydrogen-bond acceptors (Lipinski definition) is 5. The standard InChI is InChI=1S/C22H24FN3O2S.ClH/c23-18-7-8-19-20(16-18)29-22(24-19)26(10-4-9-25-11-13-28-14-12-25)21(27)15-17-5-2-1-3-6-17;/h1-3,5-8,16H,4,9-15H2;1H. The lowest BCUT2D eigenvalue weighted by molar-refractivity contribution is -0.118. The SMILES string of the molecule is Cl.O=C(Cc1ccccc1)N(CCCN1CCOCC1)c1nc2ccc(F)cc2s1. The Morgan fingerprint density at radius 3 is 2.70 bits per heavy atom. The van der Waals surface area contributed by atoms with Gasteiger partial charge in [0.05, 0.1) is 29.9 Å². The van der Waals surface area contributed by atoms with Crippen LogP contribution in [-0.4, -0.2) is 55.2 Å². The number of thiazole rings is 1. The first-order valence-electron chi connectivity index (χ1n) is 9.89. The van der Waals surface area contributed by atoms with Gasteiger partial charge in [-0.1, -0.05) is 41.7 Å². The molecule has 1 aliphatic heterocycles. The van der Waals surface area contributed by atoms with Crippen molar-refractivity contribution in [3.05, 3.63) is 59.9 Å². The number of rotatable bonds is 7. The molecule has 1 amide bonds. The van der Waals surface area contributed by atoms with Crippen molar-refractivity contribution in [1.82, 2.24) is 9.88 Å². The van der Waals surface area contributed by atoms with Gasteiger partial charge in [0.2, 0.25) is 5.91 Å². The van der Waals surface area contributed by atoms with Crippen molar-refractivity contribution in [1.29, 1.82) is 0 Å². The van der Waals surface area contributed by atoms with Gasteiger partial charge in [0.15, 0.2) is 5.13 Å². The number of aromatic nitrogens is 1. The Hall–Kier alpha value is -2.06. The molecule has 1 fully saturated rings. The highest BCUT2D eigenvalue weighted by Gasteiger charge is 2.21. The molecule has 0 aliphatic carbocycles. The molecule has 160 valence electrons. The van der Waals surface area contributed by atoms with E-state index < -0.39 is 0 Å². The maximum Gasteiger partial charge on any atom is 0.233 e. The average Bonchev–Trinajstić information content (AvgIpc) is 3.15. The first-order valence-corrected chi connectivity index (χ1v) is 10.7. The molecule has 5 nitrogen and oxygen atoms in total. The van der Waals surface area contributed by atoms with Crippen molar-refractivity contribution in [2.24, 2.45) is 0 Å². The van der Waals surface area contributed by atoms with Gasteiger partial charge in [-0.05, 0) is 30.2 Å². The summed E-state index contributed by atoms with van der Waals surface area (Å²) < 4.78 is 19.7. The zero-order valence-corrected chi connectivity index (χ0v) is 18.3. The topological polar surface area (TPSA) is 45.7 Å². The summed E-state index contributed by atoms with van der Waals surface area (Å²) in [5.74, 6) is -0.278. The first kappa shape index (κ1) is 22.6. The molecule has 4 rings (SSSR count). The van der Waals surface area contributed by atoms with Gasteiger partial charge in [-0.25, -0.2) is 9.37 Å². The zero-order valence-electron chi connectivity index (χ0n) is 16.6. The number of fused-ring (bicyclic) bond motifs is 1. The van der Waals surface area contributed by atoms with Gasteiger partial charge >= 0.3 is 0 Å². The third kappa shape index (κ3) is 5.76. The third-order valence-electron chi connectivity index (χ3n) is 5.03. The summed E-state index contributed by atoms with van der Waals surface area (Å²) in [6.07, 6.45) is 1.17. The van der Waals surface area contributed by atoms with E-state index in [0.29, 0.717) is 18.1 Å². The molecule has 1 saturated heterocycles. The van der Waals surface area contributed by atoms with Crippen LogP contribution in [0.3, 0.4) is 0 Å². The summed E-state index contributed by atoms with van der Waals surface area (Å²) >= 11 is 1.36. The fourth-order valence-corrected chi connectivity index (χ4v) is 4.51. The van der Waals surface area contributed by atoms with Crippen LogP contribution in [-0.2, 0) is 16.0 Å². The minimum atomic E-state index is -0.290. The minimum absolute atomic E-state index is 0. The number of halogens is 2. The highest BCUT2D eigenvalue weighted by molar-refractivity contribution is 7.22. The van der Waals surface area contributed by atoms with Crippen LogP contribution in [0.25, 0.3) is 10.2 Å². The third-order valence-corrected chi connectivity index (χ3v) is 6.07. The molecular weight excluding hydrogens is 425 g/mol. The van der Waals surface area contributed by atoms with Crippen LogP contribution in [0.4, 0.5) is 9.52 Å². The predicted molar refractivity (Wildman–Crippen MR) is 121 cm³/mol. The Kier molecular flexibility index (Phi) is 8.16. The van der Waals surface area contributed by atoms with Gasteiger partial charge in [-0.3, -0.25) is 14.6 Å². The number of anilines is 1. The van der Waals surface area contributed by atoms with Gasteiger partial charge in [0, 0.05) is 26.2 Å². The summed E-state index contributed by atoms with van der Waals surface area (Å²) in [6, 6.07) is 14.3. The molecule has 30 heavy (non-hydrogen) atoms. The largest absolute Gasteiger partial charge is 0.379 e. The molecule has 2 heterocycles. The number of carbonyl (C=O) groups excluding carboxylic acids is 1. The molecule has 1 aliphatic rings. The van der Waals surface area contributed by atoms with Crippen LogP contribution in [0.5, 0.6) is 0 Å². The molecule has 0 atom stereocenters. The predicted octanol–water partition coefficient (Wildman–Crippen LogP) is 4.16. The number of amides is 1. The van der Waals surface area contributed by atoms with E-state index in [0.717, 1.165) is 55.0 Å². The monoisotopic (exact) mass is 449 g/mol. The van der Waals surface area contributed by atoms with Crippen molar-refractivity contribution >= 4 is 45.0 Å². The summed E-state index contributed by atoms with van der Waals surface area (Å²) in [7, 11) is 0. The highest BCUT2D eigenvalue weighted by Crippen LogP contribution is 2.30. The summed E-state index contributed by atoms with van der Waals surface area (Å²) in [5.41, 5.74) is 1.69. The van der Waals surface area contributed by atoms with E-state index in [1.807, 2.05) is 30.3 Å². The number of hydrogen-bond donors (Lipinski definition) is 0. The average molecular weight is 450 g/mol. The second-order valence-corrected chi connectivity index (χ2v) is 8.13. The Labute approximate surface area is 185 Å². The van der Waals surface area contributed by atoms with Gasteiger partial charge in [-0.15, -0.1) is 12.4 Å². The zero-order chi connectivity index (χ0) is 20.1. The van der Waals surface area contributed by atoms with E-state index in [4.69, 9.17) is 4.74 Å². The maximum atomic E-state index is 13.6. The first-order chi connectivity index (χ1) is 14.2. The number of carbonyl (C=O) groups is 1. The lowest BCUT2D eigenvalue weighted by Gasteiger charge is -2.27. The minimum Gasteiger partial charge on any atom is -0.379 e. The fraction of sp³-hybridized carbons (Fsp3) is 0.364. The van der Waals surface area contributed by atoms with E-state index in [-0.39, 0.29) is 24.1 Å². The number of benzene rings is 2. The van der Waals surface area contributed by atoms with Crippen LogP contribution in [0.2, 0.25) is 0 Å². The van der Waals surface area contributed by atoms with E-state index in [1.165, 1.54) is 23.5 Å². The molecule has 0 N–H and O–H groups in total. The molecule has 1 aromatic heterocycles. The van der Waals surface area contributed by atoms with Crippen molar-refractivity contribution in [2.75, 3.05) is 44.3 Å². The Bertz CT molecular complexity index is 963. The lowest BCUT2D eigenvalue weighted by Crippen LogP contribution is -2.39. The number of morpholine rings is 1. The van der Waals surface area contributed by atoms with Crippen molar-refractivity contribution in [3.8, 4) is 0 Å². The van der Waals surface area contributed by atoms with Crippen LogP contribution in [0.15, 0.2) is 48.5 Å². The summed E-state index contributed by atoms with van der Waals surface area (Å²) in [6.45, 7) is 4.89. The van der Waals surface area contributed by atoms with Crippen LogP contribution in [0.1, 0.15) is 12.0 Å². The van der Waals surface area contributed by atoms with Crippen molar-refractivity contribution in [3.63, 3.8) is 0 Å². The second-order valence-electron chi connectivity index (χ2n) is 7.12. The Balaban J connectivity index is 0.00000256. The molecule has 0 unspecified atom stereocenters. The van der Waals surface area contributed by atoms with E-state index >= 15 is 0 Å². The summed E-state index contributed by atoms with van der Waals surface area (Å²) in [4.78, 5) is 21.8. The number of nitrogens with zero attached hydrogens (tertiary/aromatic N) is 3. The van der Waals surface area contributed by atoms with Gasteiger partial charge < -0.3 is 4.74 Å². The van der Waals surface area contributed by atoms with Crippen molar-refractivity contribution in [2.45, 2.75) is 12.8 Å². The van der Waals surface area contributed by atoms with E-state index in [1.54, 1.807) is 11.0 Å². The van der Waals surface area contributed by atoms with E-state index in [9.17, 15) is 9.18 Å². The molecule has 0 spiro atoms. The number of ether oxygens (including phenoxy) is 1. The maximum absolute atomic E-state index is 13.6. The lowest BCUT2D eigenvalue weighted by atomic mass is 10.1. The smallest absolute Gasteiger partial charge is 0.233 e. The van der Waals surface area contributed by atoms with E-state index in [2.05, 4.69) is 9.88 Å². The molecule has 2 aromatic carbocycles. The molecule has 0 saturated carbocycles.